The molecule has 4 rings (SSSR count). The van der Waals surface area contributed by atoms with Gasteiger partial charge in [0.2, 0.25) is 0 Å². The van der Waals surface area contributed by atoms with Crippen molar-refractivity contribution in [3.05, 3.63) is 57.9 Å². The number of amides is 1. The maximum atomic E-state index is 12.6. The SMILES string of the molecule is COc1cc(C(=O)NC2CCN(C[C@H](O)c3ccc4c(c3C)COC4=O)CC2)ncc1C. The molecule has 1 fully saturated rings. The van der Waals surface area contributed by atoms with E-state index in [9.17, 15) is 14.7 Å². The van der Waals surface area contributed by atoms with E-state index >= 15 is 0 Å². The number of methoxy groups -OCH3 is 1. The molecule has 1 saturated heterocycles. The van der Waals surface area contributed by atoms with E-state index in [4.69, 9.17) is 9.47 Å². The van der Waals surface area contributed by atoms with E-state index in [1.54, 1.807) is 25.4 Å². The lowest BCUT2D eigenvalue weighted by Gasteiger charge is -2.33. The third-order valence-corrected chi connectivity index (χ3v) is 6.43. The van der Waals surface area contributed by atoms with E-state index in [0.29, 0.717) is 23.6 Å². The second kappa shape index (κ2) is 9.26. The summed E-state index contributed by atoms with van der Waals surface area (Å²) in [4.78, 5) is 30.7. The number of nitrogens with one attached hydrogen (secondary N) is 1. The highest BCUT2D eigenvalue weighted by atomic mass is 16.5. The van der Waals surface area contributed by atoms with Gasteiger partial charge in [-0.15, -0.1) is 0 Å². The molecule has 2 aromatic rings. The van der Waals surface area contributed by atoms with Crippen molar-refractivity contribution < 1.29 is 24.2 Å². The zero-order chi connectivity index (χ0) is 22.8. The van der Waals surface area contributed by atoms with Crippen LogP contribution in [-0.4, -0.2) is 59.7 Å². The van der Waals surface area contributed by atoms with Crippen molar-refractivity contribution in [3.63, 3.8) is 0 Å². The number of hydrogen-bond acceptors (Lipinski definition) is 7. The summed E-state index contributed by atoms with van der Waals surface area (Å²) in [7, 11) is 1.58. The molecule has 1 atom stereocenters. The molecule has 0 aliphatic carbocycles. The summed E-state index contributed by atoms with van der Waals surface area (Å²) in [5.41, 5.74) is 4.44. The van der Waals surface area contributed by atoms with E-state index in [1.807, 2.05) is 19.9 Å². The molecule has 0 radical (unpaired) electrons. The molecule has 0 spiro atoms. The first-order valence-electron chi connectivity index (χ1n) is 10.9. The van der Waals surface area contributed by atoms with Gasteiger partial charge in [0.25, 0.3) is 5.91 Å². The Bertz CT molecular complexity index is 1030. The summed E-state index contributed by atoms with van der Waals surface area (Å²) >= 11 is 0. The predicted octanol–water partition coefficient (Wildman–Crippen LogP) is 2.31. The van der Waals surface area contributed by atoms with Crippen LogP contribution in [0.1, 0.15) is 62.0 Å². The molecule has 32 heavy (non-hydrogen) atoms. The number of carbonyl (C=O) groups excluding carboxylic acids is 2. The molecule has 2 N–H and O–H groups in total. The van der Waals surface area contributed by atoms with Crippen LogP contribution in [0, 0.1) is 13.8 Å². The summed E-state index contributed by atoms with van der Waals surface area (Å²) < 4.78 is 10.4. The van der Waals surface area contributed by atoms with Gasteiger partial charge >= 0.3 is 5.97 Å². The van der Waals surface area contributed by atoms with E-state index in [2.05, 4.69) is 15.2 Å². The van der Waals surface area contributed by atoms with Crippen LogP contribution < -0.4 is 10.1 Å². The molecule has 1 aromatic carbocycles. The Morgan fingerprint density at radius 3 is 2.81 bits per heavy atom. The lowest BCUT2D eigenvalue weighted by atomic mass is 9.94. The van der Waals surface area contributed by atoms with Crippen molar-refractivity contribution in [2.24, 2.45) is 0 Å². The first-order valence-corrected chi connectivity index (χ1v) is 10.9. The van der Waals surface area contributed by atoms with Crippen LogP contribution in [0.5, 0.6) is 5.75 Å². The number of likely N-dealkylation sites (tertiary alicyclic amines) is 1. The number of fused-ring (bicyclic) bond motifs is 1. The first-order chi connectivity index (χ1) is 15.4. The number of hydrogen-bond donors (Lipinski definition) is 2. The van der Waals surface area contributed by atoms with Crippen molar-refractivity contribution in [2.45, 2.75) is 45.4 Å². The summed E-state index contributed by atoms with van der Waals surface area (Å²) in [6.45, 7) is 6.14. The quantitative estimate of drug-likeness (QED) is 0.666. The van der Waals surface area contributed by atoms with Gasteiger partial charge in [0.15, 0.2) is 0 Å². The van der Waals surface area contributed by atoms with E-state index in [-0.39, 0.29) is 24.5 Å². The smallest absolute Gasteiger partial charge is 0.338 e. The molecule has 3 heterocycles. The van der Waals surface area contributed by atoms with Gasteiger partial charge in [-0.05, 0) is 43.9 Å². The van der Waals surface area contributed by atoms with Gasteiger partial charge in [0.05, 0.1) is 18.8 Å². The van der Waals surface area contributed by atoms with Gasteiger partial charge < -0.3 is 24.8 Å². The summed E-state index contributed by atoms with van der Waals surface area (Å²) in [6, 6.07) is 5.29. The van der Waals surface area contributed by atoms with Gasteiger partial charge in [-0.1, -0.05) is 6.07 Å². The fraction of sp³-hybridized carbons (Fsp3) is 0.458. The Kier molecular flexibility index (Phi) is 6.43. The van der Waals surface area contributed by atoms with Gasteiger partial charge in [0.1, 0.15) is 18.1 Å². The third kappa shape index (κ3) is 4.47. The fourth-order valence-electron chi connectivity index (χ4n) is 4.44. The number of cyclic esters (lactones) is 1. The van der Waals surface area contributed by atoms with Crippen LogP contribution in [0.25, 0.3) is 0 Å². The zero-order valence-electron chi connectivity index (χ0n) is 18.7. The maximum absolute atomic E-state index is 12.6. The molecule has 2 aliphatic heterocycles. The number of β-amino-alcohol motifs (C(OH)–C–C–N with tert-alkyl or cyclic N) is 1. The molecule has 8 heteroatoms. The normalized spacial score (nSPS) is 17.6. The van der Waals surface area contributed by atoms with Crippen molar-refractivity contribution in [1.29, 1.82) is 0 Å². The van der Waals surface area contributed by atoms with Crippen LogP contribution in [0.2, 0.25) is 0 Å². The first kappa shape index (κ1) is 22.2. The van der Waals surface area contributed by atoms with Crippen LogP contribution in [-0.2, 0) is 11.3 Å². The average Bonchev–Trinajstić information content (AvgIpc) is 3.17. The van der Waals surface area contributed by atoms with Crippen LogP contribution in [0.4, 0.5) is 0 Å². The van der Waals surface area contributed by atoms with Crippen LogP contribution >= 0.6 is 0 Å². The number of piperidine rings is 1. The standard InChI is InChI=1S/C24H29N3O5/c1-14-11-25-20(10-22(14)31-3)23(29)26-16-6-8-27(9-7-16)12-21(28)17-4-5-18-19(15(17)2)13-32-24(18)30/h4-5,10-11,16,21,28H,6-9,12-13H2,1-3H3,(H,26,29)/t21-/m0/s1. The van der Waals surface area contributed by atoms with E-state index in [1.165, 1.54) is 0 Å². The molecule has 1 aromatic heterocycles. The van der Waals surface area contributed by atoms with Crippen molar-refractivity contribution in [1.82, 2.24) is 15.2 Å². The van der Waals surface area contributed by atoms with E-state index in [0.717, 1.165) is 48.2 Å². The highest BCUT2D eigenvalue weighted by Crippen LogP contribution is 2.30. The minimum Gasteiger partial charge on any atom is -0.496 e. The monoisotopic (exact) mass is 439 g/mol. The Hall–Kier alpha value is -2.97. The van der Waals surface area contributed by atoms with Gasteiger partial charge in [-0.2, -0.15) is 0 Å². The number of carbonyl (C=O) groups is 2. The Balaban J connectivity index is 1.31. The second-order valence-corrected chi connectivity index (χ2v) is 8.49. The highest BCUT2D eigenvalue weighted by molar-refractivity contribution is 5.94. The minimum atomic E-state index is -0.647. The summed E-state index contributed by atoms with van der Waals surface area (Å²) in [6.07, 6.45) is 2.59. The lowest BCUT2D eigenvalue weighted by Crippen LogP contribution is -2.45. The predicted molar refractivity (Wildman–Crippen MR) is 118 cm³/mol. The maximum Gasteiger partial charge on any atom is 0.338 e. The lowest BCUT2D eigenvalue weighted by molar-refractivity contribution is 0.0534. The largest absolute Gasteiger partial charge is 0.496 e. The number of pyridine rings is 1. The minimum absolute atomic E-state index is 0.0647. The molecule has 170 valence electrons. The average molecular weight is 440 g/mol. The number of esters is 1. The Labute approximate surface area is 187 Å². The van der Waals surface area contributed by atoms with E-state index < -0.39 is 6.10 Å². The number of aryl methyl sites for hydroxylation is 1. The van der Waals surface area contributed by atoms with Crippen LogP contribution in [0.3, 0.4) is 0 Å². The molecule has 2 aliphatic rings. The number of aromatic nitrogens is 1. The number of aliphatic hydroxyl groups is 1. The molecule has 1 amide bonds. The number of rotatable bonds is 6. The summed E-state index contributed by atoms with van der Waals surface area (Å²) in [5, 5.41) is 13.9. The van der Waals surface area contributed by atoms with Crippen molar-refractivity contribution in [2.75, 3.05) is 26.7 Å². The van der Waals surface area contributed by atoms with Crippen LogP contribution in [0.15, 0.2) is 24.4 Å². The van der Waals surface area contributed by atoms with Gasteiger partial charge in [0, 0.05) is 49.1 Å². The second-order valence-electron chi connectivity index (χ2n) is 8.49. The topological polar surface area (TPSA) is 101 Å². The number of aliphatic hydroxyl groups excluding tert-OH is 1. The molecular formula is C24H29N3O5. The molecule has 0 saturated carbocycles. The number of benzene rings is 1. The summed E-state index contributed by atoms with van der Waals surface area (Å²) in [5.74, 6) is 0.145. The Morgan fingerprint density at radius 2 is 2.09 bits per heavy atom. The number of nitrogens with zero attached hydrogens (tertiary/aromatic N) is 2. The fourth-order valence-corrected chi connectivity index (χ4v) is 4.44. The molecule has 0 bridgehead atoms. The highest BCUT2D eigenvalue weighted by Gasteiger charge is 2.28. The Morgan fingerprint density at radius 1 is 1.34 bits per heavy atom. The third-order valence-electron chi connectivity index (χ3n) is 6.43. The zero-order valence-corrected chi connectivity index (χ0v) is 18.7. The molecule has 0 unspecified atom stereocenters. The van der Waals surface area contributed by atoms with Gasteiger partial charge in [-0.25, -0.2) is 4.79 Å². The van der Waals surface area contributed by atoms with Crippen molar-refractivity contribution in [3.8, 4) is 5.75 Å². The molecular weight excluding hydrogens is 410 g/mol. The van der Waals surface area contributed by atoms with Crippen molar-refractivity contribution >= 4 is 11.9 Å². The van der Waals surface area contributed by atoms with Gasteiger partial charge in [-0.3, -0.25) is 9.78 Å². The molecule has 8 nitrogen and oxygen atoms in total. The number of ether oxygens (including phenoxy) is 2.